The Morgan fingerprint density at radius 2 is 1.93 bits per heavy atom. The highest BCUT2D eigenvalue weighted by Crippen LogP contribution is 2.24. The van der Waals surface area contributed by atoms with Crippen molar-refractivity contribution < 1.29 is 4.74 Å². The third-order valence-corrected chi connectivity index (χ3v) is 5.05. The smallest absolute Gasteiger partial charge is 0.213 e. The van der Waals surface area contributed by atoms with Gasteiger partial charge in [-0.25, -0.2) is 9.97 Å². The molecule has 7 heteroatoms. The topological polar surface area (TPSA) is 65.2 Å². The van der Waals surface area contributed by atoms with Crippen molar-refractivity contribution in [1.29, 1.82) is 0 Å². The molecule has 0 aromatic carbocycles. The third-order valence-electron chi connectivity index (χ3n) is 4.46. The quantitative estimate of drug-likeness (QED) is 0.484. The van der Waals surface area contributed by atoms with Crippen LogP contribution in [-0.4, -0.2) is 31.4 Å². The van der Waals surface area contributed by atoms with Crippen LogP contribution in [0.4, 0.5) is 0 Å². The van der Waals surface area contributed by atoms with E-state index in [1.54, 1.807) is 25.7 Å². The zero-order valence-corrected chi connectivity index (χ0v) is 16.6. The van der Waals surface area contributed by atoms with Crippen LogP contribution >= 0.6 is 15.9 Å². The molecule has 0 aliphatic carbocycles. The molecule has 4 aromatic rings. The summed E-state index contributed by atoms with van der Waals surface area (Å²) in [6, 6.07) is 6.02. The van der Waals surface area contributed by atoms with Crippen LogP contribution in [-0.2, 0) is 12.8 Å². The molecule has 136 valence electrons. The van der Waals surface area contributed by atoms with Gasteiger partial charge in [0.2, 0.25) is 5.88 Å². The fourth-order valence-corrected chi connectivity index (χ4v) is 3.51. The maximum absolute atomic E-state index is 5.21. The van der Waals surface area contributed by atoms with Crippen LogP contribution in [0.5, 0.6) is 5.88 Å². The van der Waals surface area contributed by atoms with Gasteiger partial charge >= 0.3 is 0 Å². The molecule has 0 aliphatic rings. The van der Waals surface area contributed by atoms with E-state index in [0.29, 0.717) is 5.88 Å². The Morgan fingerprint density at radius 3 is 2.74 bits per heavy atom. The maximum atomic E-state index is 5.21. The zero-order valence-electron chi connectivity index (χ0n) is 15.1. The molecule has 6 nitrogen and oxygen atoms in total. The lowest BCUT2D eigenvalue weighted by Gasteiger charge is -2.09. The highest BCUT2D eigenvalue weighted by atomic mass is 79.9. The van der Waals surface area contributed by atoms with Crippen molar-refractivity contribution in [1.82, 2.24) is 24.3 Å². The Kier molecular flexibility index (Phi) is 4.85. The molecule has 0 fully saturated rings. The Labute approximate surface area is 165 Å². The molecule has 0 saturated heterocycles. The Bertz CT molecular complexity index is 1110. The van der Waals surface area contributed by atoms with Gasteiger partial charge in [0.1, 0.15) is 4.60 Å². The fourth-order valence-electron chi connectivity index (χ4n) is 3.12. The molecule has 0 atom stereocenters. The minimum Gasteiger partial charge on any atom is -0.481 e. The number of nitrogens with zero attached hydrogens (tertiary/aromatic N) is 5. The summed E-state index contributed by atoms with van der Waals surface area (Å²) in [5, 5.41) is 0. The first-order valence-electron chi connectivity index (χ1n) is 8.58. The van der Waals surface area contributed by atoms with Crippen LogP contribution in [0, 0.1) is 6.92 Å². The number of halogens is 1. The summed E-state index contributed by atoms with van der Waals surface area (Å²) in [6.45, 7) is 2.07. The van der Waals surface area contributed by atoms with E-state index >= 15 is 0 Å². The average molecular weight is 424 g/mol. The Hall–Kier alpha value is -2.80. The summed E-state index contributed by atoms with van der Waals surface area (Å²) < 4.78 is 8.13. The summed E-state index contributed by atoms with van der Waals surface area (Å²) in [5.74, 6) is 0.586. The van der Waals surface area contributed by atoms with Gasteiger partial charge in [0.05, 0.1) is 24.7 Å². The first kappa shape index (κ1) is 17.6. The molecule has 0 radical (unpaired) electrons. The number of hydrogen-bond acceptors (Lipinski definition) is 5. The number of hydrogen-bond donors (Lipinski definition) is 0. The van der Waals surface area contributed by atoms with Gasteiger partial charge in [0.25, 0.3) is 0 Å². The minimum atomic E-state index is 0.586. The molecule has 0 aliphatic heterocycles. The molecule has 4 heterocycles. The normalized spacial score (nSPS) is 11.1. The van der Waals surface area contributed by atoms with E-state index < -0.39 is 0 Å². The van der Waals surface area contributed by atoms with Crippen LogP contribution in [0.1, 0.15) is 16.8 Å². The maximum Gasteiger partial charge on any atom is 0.213 e. The number of methoxy groups -OCH3 is 1. The number of aryl methyl sites for hydroxylation is 3. The van der Waals surface area contributed by atoms with E-state index in [2.05, 4.69) is 48.9 Å². The standard InChI is InChI=1S/C20H18BrN5O/c1-13-9-14(11-24-19(13)15-5-6-23-18(10-15)27-2)3-4-16-20-25-12-17(21)26(20)8-7-22-16/h5-12H,3-4H2,1-2H3. The second kappa shape index (κ2) is 7.44. The number of imidazole rings is 1. The van der Waals surface area contributed by atoms with E-state index in [1.807, 2.05) is 28.9 Å². The van der Waals surface area contributed by atoms with Crippen LogP contribution in [0.2, 0.25) is 0 Å². The van der Waals surface area contributed by atoms with Gasteiger partial charge in [-0.3, -0.25) is 14.4 Å². The van der Waals surface area contributed by atoms with E-state index in [0.717, 1.165) is 45.6 Å². The number of rotatable bonds is 5. The van der Waals surface area contributed by atoms with Gasteiger partial charge in [-0.2, -0.15) is 0 Å². The second-order valence-electron chi connectivity index (χ2n) is 6.24. The molecule has 0 bridgehead atoms. The van der Waals surface area contributed by atoms with Crippen LogP contribution in [0.25, 0.3) is 16.9 Å². The lowest BCUT2D eigenvalue weighted by Crippen LogP contribution is -2.00. The van der Waals surface area contributed by atoms with Gasteiger partial charge in [0, 0.05) is 36.4 Å². The van der Waals surface area contributed by atoms with E-state index in [1.165, 1.54) is 5.56 Å². The van der Waals surface area contributed by atoms with Gasteiger partial charge in [-0.1, -0.05) is 6.07 Å². The molecule has 27 heavy (non-hydrogen) atoms. The number of aromatic nitrogens is 5. The SMILES string of the molecule is COc1cc(-c2ncc(CCc3nccn4c(Br)cnc34)cc2C)ccn1. The third kappa shape index (κ3) is 3.55. The Balaban J connectivity index is 1.56. The van der Waals surface area contributed by atoms with E-state index in [-0.39, 0.29) is 0 Å². The number of ether oxygens (including phenoxy) is 1. The van der Waals surface area contributed by atoms with Gasteiger partial charge in [0.15, 0.2) is 5.65 Å². The predicted octanol–water partition coefficient (Wildman–Crippen LogP) is 4.05. The first-order valence-corrected chi connectivity index (χ1v) is 9.37. The second-order valence-corrected chi connectivity index (χ2v) is 7.06. The number of pyridine rings is 2. The van der Waals surface area contributed by atoms with Crippen LogP contribution < -0.4 is 4.74 Å². The monoisotopic (exact) mass is 423 g/mol. The summed E-state index contributed by atoms with van der Waals surface area (Å²) >= 11 is 3.50. The van der Waals surface area contributed by atoms with Crippen molar-refractivity contribution in [2.24, 2.45) is 0 Å². The van der Waals surface area contributed by atoms with Gasteiger partial charge in [-0.05, 0) is 52.9 Å². The minimum absolute atomic E-state index is 0.586. The first-order chi connectivity index (χ1) is 13.2. The van der Waals surface area contributed by atoms with Crippen molar-refractivity contribution in [3.05, 3.63) is 70.6 Å². The van der Waals surface area contributed by atoms with Gasteiger partial charge < -0.3 is 4.74 Å². The number of fused-ring (bicyclic) bond motifs is 1. The molecule has 4 aromatic heterocycles. The summed E-state index contributed by atoms with van der Waals surface area (Å²) in [7, 11) is 1.61. The van der Waals surface area contributed by atoms with Crippen molar-refractivity contribution >= 4 is 21.6 Å². The van der Waals surface area contributed by atoms with Crippen molar-refractivity contribution in [3.8, 4) is 17.1 Å². The summed E-state index contributed by atoms with van der Waals surface area (Å²) in [4.78, 5) is 17.8. The zero-order chi connectivity index (χ0) is 18.8. The molecule has 4 rings (SSSR count). The van der Waals surface area contributed by atoms with Crippen LogP contribution in [0.15, 0.2) is 53.8 Å². The van der Waals surface area contributed by atoms with E-state index in [9.17, 15) is 0 Å². The predicted molar refractivity (Wildman–Crippen MR) is 107 cm³/mol. The van der Waals surface area contributed by atoms with E-state index in [4.69, 9.17) is 4.74 Å². The van der Waals surface area contributed by atoms with Crippen molar-refractivity contribution in [2.45, 2.75) is 19.8 Å². The van der Waals surface area contributed by atoms with Gasteiger partial charge in [-0.15, -0.1) is 0 Å². The summed E-state index contributed by atoms with van der Waals surface area (Å²) in [5.41, 5.74) is 6.09. The summed E-state index contributed by atoms with van der Waals surface area (Å²) in [6.07, 6.45) is 10.8. The lowest BCUT2D eigenvalue weighted by atomic mass is 10.0. The molecule has 0 saturated carbocycles. The highest BCUT2D eigenvalue weighted by Gasteiger charge is 2.10. The molecule has 0 amide bonds. The van der Waals surface area contributed by atoms with Crippen LogP contribution in [0.3, 0.4) is 0 Å². The highest BCUT2D eigenvalue weighted by molar-refractivity contribution is 9.10. The molecule has 0 unspecified atom stereocenters. The molecule has 0 N–H and O–H groups in total. The van der Waals surface area contributed by atoms with Crippen molar-refractivity contribution in [3.63, 3.8) is 0 Å². The van der Waals surface area contributed by atoms with Crippen molar-refractivity contribution in [2.75, 3.05) is 7.11 Å². The Morgan fingerprint density at radius 1 is 1.04 bits per heavy atom. The average Bonchev–Trinajstić information content (AvgIpc) is 3.08. The largest absolute Gasteiger partial charge is 0.481 e. The molecular weight excluding hydrogens is 406 g/mol. The molecule has 0 spiro atoms. The fraction of sp³-hybridized carbons (Fsp3) is 0.200. The molecular formula is C20H18BrN5O. The lowest BCUT2D eigenvalue weighted by molar-refractivity contribution is 0.398.